The summed E-state index contributed by atoms with van der Waals surface area (Å²) in [5.74, 6) is -0.255. The number of carbonyl (C=O) groups excluding carboxylic acids is 1. The van der Waals surface area contributed by atoms with Gasteiger partial charge in [-0.05, 0) is 26.0 Å². The molecule has 0 heterocycles. The number of ether oxygens (including phenoxy) is 1. The predicted molar refractivity (Wildman–Crippen MR) is 79.6 cm³/mol. The molecule has 1 aromatic carbocycles. The number of benzene rings is 1. The van der Waals surface area contributed by atoms with Gasteiger partial charge in [0.1, 0.15) is 5.75 Å². The van der Waals surface area contributed by atoms with Crippen LogP contribution >= 0.6 is 0 Å². The van der Waals surface area contributed by atoms with Crippen molar-refractivity contribution in [3.63, 3.8) is 0 Å². The molecule has 0 saturated heterocycles. The van der Waals surface area contributed by atoms with Gasteiger partial charge in [0.2, 0.25) is 0 Å². The number of esters is 1. The molecule has 0 aliphatic carbocycles. The SMILES string of the molecule is COC(=O)CC(C)(C)NCCS(=O)(=O)Oc1ccccc1. The van der Waals surface area contributed by atoms with Crippen molar-refractivity contribution in [3.05, 3.63) is 30.3 Å². The van der Waals surface area contributed by atoms with Gasteiger partial charge in [-0.1, -0.05) is 18.2 Å². The molecule has 0 atom stereocenters. The Bertz CT molecular complexity index is 554. The monoisotopic (exact) mass is 315 g/mol. The van der Waals surface area contributed by atoms with Crippen LogP contribution in [0, 0.1) is 0 Å². The highest BCUT2D eigenvalue weighted by atomic mass is 32.2. The summed E-state index contributed by atoms with van der Waals surface area (Å²) in [6.07, 6.45) is 0.156. The van der Waals surface area contributed by atoms with Crippen LogP contribution in [-0.4, -0.2) is 39.3 Å². The van der Waals surface area contributed by atoms with Crippen molar-refractivity contribution in [3.8, 4) is 5.75 Å². The van der Waals surface area contributed by atoms with Crippen LogP contribution in [0.2, 0.25) is 0 Å². The summed E-state index contributed by atoms with van der Waals surface area (Å²) >= 11 is 0. The van der Waals surface area contributed by atoms with Crippen LogP contribution in [0.5, 0.6) is 5.75 Å². The Morgan fingerprint density at radius 2 is 1.86 bits per heavy atom. The number of hydrogen-bond donors (Lipinski definition) is 1. The fourth-order valence-electron chi connectivity index (χ4n) is 1.67. The predicted octanol–water partition coefficient (Wildman–Crippen LogP) is 1.33. The molecule has 0 bridgehead atoms. The molecule has 1 N–H and O–H groups in total. The summed E-state index contributed by atoms with van der Waals surface area (Å²) in [5, 5.41) is 3.01. The Hall–Kier alpha value is -1.60. The third-order valence-corrected chi connectivity index (χ3v) is 3.89. The summed E-state index contributed by atoms with van der Waals surface area (Å²) in [6, 6.07) is 8.32. The molecule has 0 aliphatic rings. The maximum atomic E-state index is 11.8. The minimum Gasteiger partial charge on any atom is -0.469 e. The zero-order chi connectivity index (χ0) is 15.9. The summed E-state index contributed by atoms with van der Waals surface area (Å²) in [7, 11) is -2.35. The summed E-state index contributed by atoms with van der Waals surface area (Å²) in [6.45, 7) is 3.78. The second-order valence-corrected chi connectivity index (χ2v) is 6.91. The third kappa shape index (κ3) is 7.10. The molecule has 0 saturated carbocycles. The first kappa shape index (κ1) is 17.5. The Kier molecular flexibility index (Phi) is 6.17. The van der Waals surface area contributed by atoms with E-state index in [4.69, 9.17) is 4.18 Å². The zero-order valence-electron chi connectivity index (χ0n) is 12.5. The van der Waals surface area contributed by atoms with Gasteiger partial charge in [0.25, 0.3) is 0 Å². The minimum atomic E-state index is -3.67. The van der Waals surface area contributed by atoms with E-state index in [1.807, 2.05) is 0 Å². The molecule has 1 rings (SSSR count). The summed E-state index contributed by atoms with van der Waals surface area (Å²) in [4.78, 5) is 11.2. The van der Waals surface area contributed by atoms with E-state index in [9.17, 15) is 13.2 Å². The molecule has 0 amide bonds. The molecule has 0 aromatic heterocycles. The van der Waals surface area contributed by atoms with E-state index >= 15 is 0 Å². The molecule has 0 aliphatic heterocycles. The highest BCUT2D eigenvalue weighted by Gasteiger charge is 2.23. The van der Waals surface area contributed by atoms with E-state index in [0.717, 1.165) is 0 Å². The Morgan fingerprint density at radius 1 is 1.24 bits per heavy atom. The van der Waals surface area contributed by atoms with Crippen LogP contribution in [0.4, 0.5) is 0 Å². The average Bonchev–Trinajstić information content (AvgIpc) is 2.38. The van der Waals surface area contributed by atoms with Crippen LogP contribution in [0.15, 0.2) is 30.3 Å². The first-order valence-corrected chi connectivity index (χ1v) is 8.11. The van der Waals surface area contributed by atoms with Crippen LogP contribution in [0.1, 0.15) is 20.3 Å². The number of carbonyl (C=O) groups is 1. The highest BCUT2D eigenvalue weighted by molar-refractivity contribution is 7.87. The lowest BCUT2D eigenvalue weighted by molar-refractivity contribution is -0.142. The lowest BCUT2D eigenvalue weighted by atomic mass is 10.0. The Labute approximate surface area is 125 Å². The molecule has 0 spiro atoms. The molecule has 21 heavy (non-hydrogen) atoms. The van der Waals surface area contributed by atoms with E-state index in [2.05, 4.69) is 10.1 Å². The standard InChI is InChI=1S/C14H21NO5S/c1-14(2,11-13(16)19-3)15-9-10-21(17,18)20-12-7-5-4-6-8-12/h4-8,15H,9-11H2,1-3H3. The number of hydrogen-bond acceptors (Lipinski definition) is 6. The summed E-state index contributed by atoms with van der Waals surface area (Å²) < 4.78 is 33.2. The van der Waals surface area contributed by atoms with Crippen LogP contribution in [-0.2, 0) is 19.6 Å². The maximum absolute atomic E-state index is 11.8. The van der Waals surface area contributed by atoms with Crippen molar-refractivity contribution < 1.29 is 22.1 Å². The van der Waals surface area contributed by atoms with Gasteiger partial charge < -0.3 is 14.2 Å². The van der Waals surface area contributed by atoms with Gasteiger partial charge in [-0.3, -0.25) is 4.79 Å². The second kappa shape index (κ2) is 7.42. The van der Waals surface area contributed by atoms with Crippen LogP contribution < -0.4 is 9.50 Å². The number of nitrogens with one attached hydrogen (secondary N) is 1. The van der Waals surface area contributed by atoms with Gasteiger partial charge in [-0.25, -0.2) is 0 Å². The third-order valence-electron chi connectivity index (χ3n) is 2.74. The van der Waals surface area contributed by atoms with Gasteiger partial charge in [0, 0.05) is 12.1 Å². The van der Waals surface area contributed by atoms with E-state index in [0.29, 0.717) is 0 Å². The van der Waals surface area contributed by atoms with Crippen LogP contribution in [0.25, 0.3) is 0 Å². The fourth-order valence-corrected chi connectivity index (χ4v) is 2.51. The maximum Gasteiger partial charge on any atom is 0.310 e. The second-order valence-electron chi connectivity index (χ2n) is 5.22. The molecule has 1 aromatic rings. The molecular formula is C14H21NO5S. The number of para-hydroxylation sites is 1. The molecule has 118 valence electrons. The molecule has 7 heteroatoms. The Balaban J connectivity index is 2.45. The first-order valence-electron chi connectivity index (χ1n) is 6.53. The van der Waals surface area contributed by atoms with E-state index < -0.39 is 15.7 Å². The van der Waals surface area contributed by atoms with Crippen molar-refractivity contribution in [2.24, 2.45) is 0 Å². The minimum absolute atomic E-state index is 0.156. The molecular weight excluding hydrogens is 294 g/mol. The lowest BCUT2D eigenvalue weighted by Gasteiger charge is -2.24. The molecule has 6 nitrogen and oxygen atoms in total. The van der Waals surface area contributed by atoms with Gasteiger partial charge in [0.15, 0.2) is 0 Å². The van der Waals surface area contributed by atoms with Crippen molar-refractivity contribution in [1.82, 2.24) is 5.32 Å². The van der Waals surface area contributed by atoms with Gasteiger partial charge in [-0.15, -0.1) is 0 Å². The van der Waals surface area contributed by atoms with Gasteiger partial charge >= 0.3 is 16.1 Å². The van der Waals surface area contributed by atoms with Gasteiger partial charge in [0.05, 0.1) is 19.3 Å². The quantitative estimate of drug-likeness (QED) is 0.576. The van der Waals surface area contributed by atoms with Gasteiger partial charge in [-0.2, -0.15) is 8.42 Å². The number of methoxy groups -OCH3 is 1. The van der Waals surface area contributed by atoms with Crippen molar-refractivity contribution >= 4 is 16.1 Å². The average molecular weight is 315 g/mol. The smallest absolute Gasteiger partial charge is 0.310 e. The van der Waals surface area contributed by atoms with E-state index in [1.165, 1.54) is 7.11 Å². The van der Waals surface area contributed by atoms with E-state index in [1.54, 1.807) is 44.2 Å². The normalized spacial score (nSPS) is 12.0. The lowest BCUT2D eigenvalue weighted by Crippen LogP contribution is -2.43. The van der Waals surface area contributed by atoms with Crippen molar-refractivity contribution in [2.75, 3.05) is 19.4 Å². The largest absolute Gasteiger partial charge is 0.469 e. The highest BCUT2D eigenvalue weighted by Crippen LogP contribution is 2.12. The van der Waals surface area contributed by atoms with Crippen molar-refractivity contribution in [1.29, 1.82) is 0 Å². The summed E-state index contributed by atoms with van der Waals surface area (Å²) in [5.41, 5.74) is -0.546. The number of rotatable bonds is 8. The Morgan fingerprint density at radius 3 is 2.43 bits per heavy atom. The molecule has 0 radical (unpaired) electrons. The molecule has 0 unspecified atom stereocenters. The van der Waals surface area contributed by atoms with E-state index in [-0.39, 0.29) is 30.4 Å². The fraction of sp³-hybridized carbons (Fsp3) is 0.500. The topological polar surface area (TPSA) is 81.7 Å². The van der Waals surface area contributed by atoms with Crippen molar-refractivity contribution in [2.45, 2.75) is 25.8 Å². The zero-order valence-corrected chi connectivity index (χ0v) is 13.3. The molecule has 0 fully saturated rings. The van der Waals surface area contributed by atoms with Crippen LogP contribution in [0.3, 0.4) is 0 Å². The first-order chi connectivity index (χ1) is 9.74.